The first kappa shape index (κ1) is 15.7. The number of hydrogen-bond acceptors (Lipinski definition) is 3. The van der Waals surface area contributed by atoms with Crippen LogP contribution in [-0.2, 0) is 11.3 Å². The van der Waals surface area contributed by atoms with E-state index in [2.05, 4.69) is 28.9 Å². The second kappa shape index (κ2) is 6.25. The molecule has 2 aliphatic heterocycles. The van der Waals surface area contributed by atoms with E-state index in [0.29, 0.717) is 5.91 Å². The number of rotatable bonds is 4. The van der Waals surface area contributed by atoms with Crippen LogP contribution in [0.3, 0.4) is 0 Å². The van der Waals surface area contributed by atoms with E-state index >= 15 is 0 Å². The topological polar surface area (TPSA) is 36.7 Å². The number of fused-ring (bicyclic) bond motifs is 1. The average molecular weight is 326 g/mol. The van der Waals surface area contributed by atoms with Crippen molar-refractivity contribution in [3.63, 3.8) is 0 Å². The van der Waals surface area contributed by atoms with E-state index in [-0.39, 0.29) is 5.54 Å². The van der Waals surface area contributed by atoms with Crippen LogP contribution in [0.4, 0.5) is 0 Å². The maximum absolute atomic E-state index is 13.2. The van der Waals surface area contributed by atoms with Crippen LogP contribution in [0.5, 0.6) is 0 Å². The molecule has 24 heavy (non-hydrogen) atoms. The Hall–Kier alpha value is -1.81. The largest absolute Gasteiger partial charge is 0.460 e. The molecule has 1 aromatic carbocycles. The van der Waals surface area contributed by atoms with Gasteiger partial charge in [-0.1, -0.05) is 25.1 Å². The lowest BCUT2D eigenvalue weighted by Gasteiger charge is -2.44. The Morgan fingerprint density at radius 2 is 1.96 bits per heavy atom. The molecule has 3 heterocycles. The number of carbonyl (C=O) groups excluding carboxylic acids is 1. The highest BCUT2D eigenvalue weighted by Crippen LogP contribution is 2.39. The molecule has 1 spiro atoms. The van der Waals surface area contributed by atoms with Gasteiger partial charge < -0.3 is 9.32 Å². The number of carbonyl (C=O) groups is 1. The molecule has 0 bridgehead atoms. The van der Waals surface area contributed by atoms with Gasteiger partial charge in [0.15, 0.2) is 0 Å². The molecular formula is C20H26N2O2. The summed E-state index contributed by atoms with van der Waals surface area (Å²) < 4.78 is 6.01. The van der Waals surface area contributed by atoms with Crippen molar-refractivity contribution in [3.05, 3.63) is 36.1 Å². The lowest BCUT2D eigenvalue weighted by molar-refractivity contribution is -0.148. The summed E-state index contributed by atoms with van der Waals surface area (Å²) in [5.41, 5.74) is 0.648. The molecule has 2 aromatic rings. The molecule has 0 saturated carbocycles. The molecule has 1 aromatic heterocycles. The molecule has 1 amide bonds. The minimum atomic E-state index is -0.285. The summed E-state index contributed by atoms with van der Waals surface area (Å²) in [5.74, 6) is 1.32. The maximum atomic E-state index is 13.2. The number of benzene rings is 1. The molecule has 0 aliphatic carbocycles. The predicted octanol–water partition coefficient (Wildman–Crippen LogP) is 3.80. The van der Waals surface area contributed by atoms with E-state index in [1.807, 2.05) is 18.2 Å². The van der Waals surface area contributed by atoms with Crippen molar-refractivity contribution in [1.29, 1.82) is 0 Å². The number of nitrogens with zero attached hydrogens (tertiary/aromatic N) is 2. The highest BCUT2D eigenvalue weighted by atomic mass is 16.3. The molecule has 1 atom stereocenters. The Morgan fingerprint density at radius 1 is 1.17 bits per heavy atom. The lowest BCUT2D eigenvalue weighted by Crippen LogP contribution is -2.59. The van der Waals surface area contributed by atoms with Crippen molar-refractivity contribution in [2.45, 2.75) is 51.1 Å². The van der Waals surface area contributed by atoms with E-state index in [0.717, 1.165) is 75.0 Å². The van der Waals surface area contributed by atoms with Crippen LogP contribution >= 0.6 is 0 Å². The number of amides is 1. The molecule has 1 unspecified atom stereocenters. The third kappa shape index (κ3) is 2.53. The molecule has 4 heteroatoms. The van der Waals surface area contributed by atoms with Gasteiger partial charge in [0.1, 0.15) is 16.9 Å². The summed E-state index contributed by atoms with van der Waals surface area (Å²) in [6.07, 6.45) is 5.23. The van der Waals surface area contributed by atoms with Crippen molar-refractivity contribution in [1.82, 2.24) is 9.80 Å². The molecule has 0 N–H and O–H groups in total. The summed E-state index contributed by atoms with van der Waals surface area (Å²) in [4.78, 5) is 17.6. The monoisotopic (exact) mass is 326 g/mol. The fourth-order valence-corrected chi connectivity index (χ4v) is 4.54. The molecule has 2 aliphatic rings. The van der Waals surface area contributed by atoms with Crippen LogP contribution in [0.25, 0.3) is 11.0 Å². The van der Waals surface area contributed by atoms with Crippen LogP contribution in [0.2, 0.25) is 0 Å². The number of furan rings is 1. The standard InChI is InChI=1S/C20H26N2O2/c1-2-11-21-12-5-9-20(19(21)23)10-6-13-22(20)15-17-14-16-7-3-4-8-18(16)24-17/h3-4,7-8,14H,2,5-6,9-13,15H2,1H3. The molecular weight excluding hydrogens is 300 g/mol. The van der Waals surface area contributed by atoms with E-state index in [4.69, 9.17) is 4.42 Å². The first-order chi connectivity index (χ1) is 11.7. The third-order valence-corrected chi connectivity index (χ3v) is 5.64. The van der Waals surface area contributed by atoms with E-state index < -0.39 is 0 Å². The Kier molecular flexibility index (Phi) is 4.09. The zero-order chi connectivity index (χ0) is 16.6. The summed E-state index contributed by atoms with van der Waals surface area (Å²) in [6.45, 7) is 5.68. The first-order valence-corrected chi connectivity index (χ1v) is 9.25. The quantitative estimate of drug-likeness (QED) is 0.857. The smallest absolute Gasteiger partial charge is 0.243 e. The zero-order valence-electron chi connectivity index (χ0n) is 14.5. The lowest BCUT2D eigenvalue weighted by atomic mass is 9.85. The van der Waals surface area contributed by atoms with Gasteiger partial charge in [-0.25, -0.2) is 0 Å². The molecule has 2 fully saturated rings. The van der Waals surface area contributed by atoms with Gasteiger partial charge in [0.05, 0.1) is 6.54 Å². The predicted molar refractivity (Wildman–Crippen MR) is 94.7 cm³/mol. The number of likely N-dealkylation sites (tertiary alicyclic amines) is 2. The second-order valence-electron chi connectivity index (χ2n) is 7.20. The number of piperidine rings is 1. The van der Waals surface area contributed by atoms with Gasteiger partial charge in [-0.05, 0) is 50.8 Å². The fourth-order valence-electron chi connectivity index (χ4n) is 4.54. The second-order valence-corrected chi connectivity index (χ2v) is 7.20. The minimum Gasteiger partial charge on any atom is -0.460 e. The summed E-state index contributed by atoms with van der Waals surface area (Å²) in [6, 6.07) is 10.2. The van der Waals surface area contributed by atoms with Crippen molar-refractivity contribution >= 4 is 16.9 Å². The number of para-hydroxylation sites is 1. The SMILES string of the molecule is CCCN1CCCC2(CCCN2Cc2cc3ccccc3o2)C1=O. The zero-order valence-corrected chi connectivity index (χ0v) is 14.5. The van der Waals surface area contributed by atoms with Crippen LogP contribution in [0.15, 0.2) is 34.7 Å². The highest BCUT2D eigenvalue weighted by Gasteiger charge is 2.50. The number of hydrogen-bond donors (Lipinski definition) is 0. The Morgan fingerprint density at radius 3 is 2.75 bits per heavy atom. The third-order valence-electron chi connectivity index (χ3n) is 5.64. The molecule has 0 radical (unpaired) electrons. The summed E-state index contributed by atoms with van der Waals surface area (Å²) in [5, 5.41) is 1.14. The first-order valence-electron chi connectivity index (χ1n) is 9.25. The van der Waals surface area contributed by atoms with Gasteiger partial charge in [0, 0.05) is 18.5 Å². The van der Waals surface area contributed by atoms with Crippen molar-refractivity contribution in [3.8, 4) is 0 Å². The maximum Gasteiger partial charge on any atom is 0.243 e. The van der Waals surface area contributed by atoms with Gasteiger partial charge >= 0.3 is 0 Å². The van der Waals surface area contributed by atoms with Crippen LogP contribution in [0.1, 0.15) is 44.8 Å². The summed E-state index contributed by atoms with van der Waals surface area (Å²) in [7, 11) is 0. The van der Waals surface area contributed by atoms with Crippen LogP contribution in [-0.4, -0.2) is 40.9 Å². The Labute approximate surface area is 143 Å². The molecule has 2 saturated heterocycles. The van der Waals surface area contributed by atoms with E-state index in [1.54, 1.807) is 0 Å². The Balaban J connectivity index is 1.58. The van der Waals surface area contributed by atoms with Crippen molar-refractivity contribution in [2.75, 3.05) is 19.6 Å². The van der Waals surface area contributed by atoms with Gasteiger partial charge in [0.25, 0.3) is 0 Å². The normalized spacial score (nSPS) is 25.2. The fraction of sp³-hybridized carbons (Fsp3) is 0.550. The minimum absolute atomic E-state index is 0.285. The van der Waals surface area contributed by atoms with E-state index in [9.17, 15) is 4.79 Å². The van der Waals surface area contributed by atoms with Gasteiger partial charge in [-0.2, -0.15) is 0 Å². The van der Waals surface area contributed by atoms with Gasteiger partial charge in [-0.3, -0.25) is 9.69 Å². The Bertz CT molecular complexity index is 703. The highest BCUT2D eigenvalue weighted by molar-refractivity contribution is 5.87. The van der Waals surface area contributed by atoms with Crippen LogP contribution in [0, 0.1) is 0 Å². The van der Waals surface area contributed by atoms with E-state index in [1.165, 1.54) is 0 Å². The van der Waals surface area contributed by atoms with Crippen molar-refractivity contribution < 1.29 is 9.21 Å². The van der Waals surface area contributed by atoms with Crippen molar-refractivity contribution in [2.24, 2.45) is 0 Å². The molecule has 4 nitrogen and oxygen atoms in total. The molecule has 128 valence electrons. The molecule has 4 rings (SSSR count). The summed E-state index contributed by atoms with van der Waals surface area (Å²) >= 11 is 0. The average Bonchev–Trinajstić information content (AvgIpc) is 3.17. The van der Waals surface area contributed by atoms with Crippen LogP contribution < -0.4 is 0 Å². The van der Waals surface area contributed by atoms with Gasteiger partial charge in [0.2, 0.25) is 5.91 Å². The van der Waals surface area contributed by atoms with Gasteiger partial charge in [-0.15, -0.1) is 0 Å².